The molecular formula is C17H15F2N3O3S2. The van der Waals surface area contributed by atoms with Gasteiger partial charge in [-0.25, -0.2) is 13.8 Å². The Morgan fingerprint density at radius 1 is 1.33 bits per heavy atom. The number of carbonyl (C=O) groups is 1. The molecule has 1 aromatic carbocycles. The maximum atomic E-state index is 13.7. The highest BCUT2D eigenvalue weighted by molar-refractivity contribution is 7.99. The Kier molecular flexibility index (Phi) is 6.19. The van der Waals surface area contributed by atoms with Crippen molar-refractivity contribution in [3.8, 4) is 5.69 Å². The zero-order valence-corrected chi connectivity index (χ0v) is 15.8. The molecule has 0 saturated heterocycles. The predicted octanol–water partition coefficient (Wildman–Crippen LogP) is 2.58. The van der Waals surface area contributed by atoms with E-state index in [1.165, 1.54) is 18.4 Å². The van der Waals surface area contributed by atoms with Gasteiger partial charge in [-0.15, -0.1) is 11.3 Å². The first-order valence-electron chi connectivity index (χ1n) is 7.84. The first-order chi connectivity index (χ1) is 13.0. The lowest BCUT2D eigenvalue weighted by atomic mass is 10.3. The van der Waals surface area contributed by atoms with Gasteiger partial charge in [0.2, 0.25) is 5.91 Å². The van der Waals surface area contributed by atoms with E-state index in [4.69, 9.17) is 4.74 Å². The van der Waals surface area contributed by atoms with Crippen LogP contribution in [0.3, 0.4) is 0 Å². The third-order valence-corrected chi connectivity index (χ3v) is 5.35. The van der Waals surface area contributed by atoms with Crippen LogP contribution in [0.15, 0.2) is 39.6 Å². The van der Waals surface area contributed by atoms with Gasteiger partial charge in [0.1, 0.15) is 16.3 Å². The lowest BCUT2D eigenvalue weighted by Gasteiger charge is -2.12. The molecule has 0 aliphatic heterocycles. The topological polar surface area (TPSA) is 73.2 Å². The molecule has 142 valence electrons. The number of nitrogens with zero attached hydrogens (tertiary/aromatic N) is 2. The summed E-state index contributed by atoms with van der Waals surface area (Å²) < 4.78 is 33.7. The number of hydrogen-bond acceptors (Lipinski definition) is 6. The fraction of sp³-hybridized carbons (Fsp3) is 0.235. The fourth-order valence-corrected chi connectivity index (χ4v) is 3.96. The third-order valence-electron chi connectivity index (χ3n) is 3.52. The molecule has 2 aromatic heterocycles. The largest absolute Gasteiger partial charge is 0.383 e. The molecule has 6 nitrogen and oxygen atoms in total. The number of aromatic nitrogens is 2. The zero-order valence-electron chi connectivity index (χ0n) is 14.2. The zero-order chi connectivity index (χ0) is 19.4. The number of amides is 1. The molecule has 0 bridgehead atoms. The van der Waals surface area contributed by atoms with Gasteiger partial charge in [0.05, 0.1) is 23.6 Å². The van der Waals surface area contributed by atoms with Crippen molar-refractivity contribution in [2.24, 2.45) is 0 Å². The Bertz CT molecular complexity index is 1020. The molecule has 0 saturated carbocycles. The van der Waals surface area contributed by atoms with Gasteiger partial charge in [-0.3, -0.25) is 14.2 Å². The van der Waals surface area contributed by atoms with Crippen LogP contribution in [-0.2, 0) is 9.53 Å². The first-order valence-corrected chi connectivity index (χ1v) is 9.71. The highest BCUT2D eigenvalue weighted by Crippen LogP contribution is 2.24. The van der Waals surface area contributed by atoms with Gasteiger partial charge >= 0.3 is 0 Å². The average molecular weight is 411 g/mol. The molecule has 0 unspecified atom stereocenters. The van der Waals surface area contributed by atoms with Gasteiger partial charge in [0.15, 0.2) is 5.16 Å². The SMILES string of the molecule is COCCNC(=O)CSc1nc2ccsc2c(=O)n1-c1cc(F)cc(F)c1. The molecule has 0 aliphatic rings. The Morgan fingerprint density at radius 3 is 2.78 bits per heavy atom. The monoisotopic (exact) mass is 411 g/mol. The number of thiophene rings is 1. The molecule has 1 amide bonds. The van der Waals surface area contributed by atoms with Gasteiger partial charge in [0, 0.05) is 19.7 Å². The van der Waals surface area contributed by atoms with Crippen molar-refractivity contribution in [3.63, 3.8) is 0 Å². The summed E-state index contributed by atoms with van der Waals surface area (Å²) in [4.78, 5) is 29.2. The Labute approximate surface area is 161 Å². The molecular weight excluding hydrogens is 396 g/mol. The van der Waals surface area contributed by atoms with Crippen molar-refractivity contribution in [3.05, 3.63) is 51.6 Å². The van der Waals surface area contributed by atoms with E-state index in [0.717, 1.165) is 34.5 Å². The molecule has 2 heterocycles. The number of ether oxygens (including phenoxy) is 1. The normalized spacial score (nSPS) is 11.1. The molecule has 3 aromatic rings. The van der Waals surface area contributed by atoms with E-state index in [2.05, 4.69) is 10.3 Å². The van der Waals surface area contributed by atoms with E-state index in [-0.39, 0.29) is 22.5 Å². The molecule has 0 radical (unpaired) electrons. The van der Waals surface area contributed by atoms with Gasteiger partial charge in [-0.2, -0.15) is 0 Å². The minimum atomic E-state index is -0.809. The average Bonchev–Trinajstić information content (AvgIpc) is 3.08. The summed E-state index contributed by atoms with van der Waals surface area (Å²) in [6.07, 6.45) is 0. The number of rotatable bonds is 7. The minimum absolute atomic E-state index is 0.0103. The third kappa shape index (κ3) is 4.52. The molecule has 0 fully saturated rings. The first kappa shape index (κ1) is 19.5. The van der Waals surface area contributed by atoms with Crippen LogP contribution in [0.1, 0.15) is 0 Å². The maximum absolute atomic E-state index is 13.7. The number of hydrogen-bond donors (Lipinski definition) is 1. The second kappa shape index (κ2) is 8.59. The number of halogens is 2. The summed E-state index contributed by atoms with van der Waals surface area (Å²) >= 11 is 2.20. The second-order valence-corrected chi connectivity index (χ2v) is 7.29. The molecule has 0 aliphatic carbocycles. The van der Waals surface area contributed by atoms with Crippen LogP contribution in [0.2, 0.25) is 0 Å². The maximum Gasteiger partial charge on any atom is 0.276 e. The summed E-state index contributed by atoms with van der Waals surface area (Å²) in [6.45, 7) is 0.734. The van der Waals surface area contributed by atoms with Crippen molar-refractivity contribution in [2.45, 2.75) is 5.16 Å². The van der Waals surface area contributed by atoms with Gasteiger partial charge in [-0.1, -0.05) is 11.8 Å². The Morgan fingerprint density at radius 2 is 2.07 bits per heavy atom. The minimum Gasteiger partial charge on any atom is -0.383 e. The number of thioether (sulfide) groups is 1. The molecule has 0 spiro atoms. The van der Waals surface area contributed by atoms with Gasteiger partial charge < -0.3 is 10.1 Å². The van der Waals surface area contributed by atoms with E-state index in [1.54, 1.807) is 11.4 Å². The van der Waals surface area contributed by atoms with Crippen molar-refractivity contribution in [2.75, 3.05) is 26.0 Å². The molecule has 10 heteroatoms. The van der Waals surface area contributed by atoms with Crippen molar-refractivity contribution >= 4 is 39.2 Å². The number of nitrogens with one attached hydrogen (secondary N) is 1. The number of carbonyl (C=O) groups excluding carboxylic acids is 1. The highest BCUT2D eigenvalue weighted by Gasteiger charge is 2.17. The highest BCUT2D eigenvalue weighted by atomic mass is 32.2. The van der Waals surface area contributed by atoms with E-state index < -0.39 is 17.2 Å². The van der Waals surface area contributed by atoms with E-state index in [0.29, 0.717) is 23.4 Å². The van der Waals surface area contributed by atoms with E-state index in [9.17, 15) is 18.4 Å². The molecule has 0 atom stereocenters. The summed E-state index contributed by atoms with van der Waals surface area (Å²) in [5.74, 6) is -1.90. The summed E-state index contributed by atoms with van der Waals surface area (Å²) in [5.41, 5.74) is 0.0466. The molecule has 1 N–H and O–H groups in total. The quantitative estimate of drug-likeness (QED) is 0.368. The predicted molar refractivity (Wildman–Crippen MR) is 101 cm³/mol. The van der Waals surface area contributed by atoms with E-state index >= 15 is 0 Å². The number of methoxy groups -OCH3 is 1. The van der Waals surface area contributed by atoms with Crippen LogP contribution in [0.25, 0.3) is 15.9 Å². The smallest absolute Gasteiger partial charge is 0.276 e. The van der Waals surface area contributed by atoms with Crippen LogP contribution in [0.5, 0.6) is 0 Å². The van der Waals surface area contributed by atoms with Crippen LogP contribution in [0.4, 0.5) is 8.78 Å². The second-order valence-electron chi connectivity index (χ2n) is 5.43. The van der Waals surface area contributed by atoms with Crippen LogP contribution in [0, 0.1) is 11.6 Å². The standard InChI is InChI=1S/C17H15F2N3O3S2/c1-25-4-3-20-14(23)9-27-17-21-13-2-5-26-15(13)16(24)22(17)12-7-10(18)6-11(19)8-12/h2,5-8H,3-4,9H2,1H3,(H,20,23). The lowest BCUT2D eigenvalue weighted by molar-refractivity contribution is -0.118. The lowest BCUT2D eigenvalue weighted by Crippen LogP contribution is -2.29. The van der Waals surface area contributed by atoms with Crippen LogP contribution in [-0.4, -0.2) is 41.5 Å². The van der Waals surface area contributed by atoms with Crippen molar-refractivity contribution in [1.29, 1.82) is 0 Å². The number of fused-ring (bicyclic) bond motifs is 1. The Hall–Kier alpha value is -2.30. The molecule has 27 heavy (non-hydrogen) atoms. The molecule has 3 rings (SSSR count). The summed E-state index contributed by atoms with van der Waals surface area (Å²) in [7, 11) is 1.53. The van der Waals surface area contributed by atoms with Gasteiger partial charge in [0.25, 0.3) is 5.56 Å². The van der Waals surface area contributed by atoms with E-state index in [1.807, 2.05) is 0 Å². The fourth-order valence-electron chi connectivity index (χ4n) is 2.36. The van der Waals surface area contributed by atoms with Gasteiger partial charge in [-0.05, 0) is 23.6 Å². The van der Waals surface area contributed by atoms with Crippen molar-refractivity contribution in [1.82, 2.24) is 14.9 Å². The summed E-state index contributed by atoms with van der Waals surface area (Å²) in [6, 6.07) is 4.50. The van der Waals surface area contributed by atoms with Crippen LogP contribution < -0.4 is 10.9 Å². The Balaban J connectivity index is 1.98. The van der Waals surface area contributed by atoms with Crippen molar-refractivity contribution < 1.29 is 18.3 Å². The summed E-state index contributed by atoms with van der Waals surface area (Å²) in [5, 5.41) is 4.55. The van der Waals surface area contributed by atoms with Crippen LogP contribution >= 0.6 is 23.1 Å². The number of benzene rings is 1.